The van der Waals surface area contributed by atoms with E-state index in [-0.39, 0.29) is 0 Å². The molecule has 0 aliphatic carbocycles. The zero-order chi connectivity index (χ0) is 8.81. The quantitative estimate of drug-likeness (QED) is 0.617. The number of hydrogen-bond donors (Lipinski definition) is 1. The molecule has 1 fully saturated rings. The van der Waals surface area contributed by atoms with Gasteiger partial charge in [0.15, 0.2) is 0 Å². The van der Waals surface area contributed by atoms with Crippen molar-refractivity contribution in [3.63, 3.8) is 0 Å². The van der Waals surface area contributed by atoms with Crippen LogP contribution >= 0.6 is 0 Å². The zero-order valence-electron chi connectivity index (χ0n) is 7.31. The van der Waals surface area contributed by atoms with Crippen LogP contribution in [0.2, 0.25) is 0 Å². The van der Waals surface area contributed by atoms with Crippen molar-refractivity contribution in [3.8, 4) is 0 Å². The van der Waals surface area contributed by atoms with Crippen LogP contribution in [0, 0.1) is 0 Å². The van der Waals surface area contributed by atoms with E-state index in [1.165, 1.54) is 0 Å². The van der Waals surface area contributed by atoms with Gasteiger partial charge < -0.3 is 10.2 Å². The molecule has 2 N–H and O–H groups in total. The van der Waals surface area contributed by atoms with E-state index in [9.17, 15) is 4.79 Å². The SMILES string of the molecule is [NH]C(=O)CCCN1CCNCC1. The van der Waals surface area contributed by atoms with Crippen LogP contribution < -0.4 is 11.1 Å². The third-order valence-electron chi connectivity index (χ3n) is 2.09. The first-order valence-electron chi connectivity index (χ1n) is 4.46. The van der Waals surface area contributed by atoms with Crippen LogP contribution in [0.4, 0.5) is 0 Å². The topological polar surface area (TPSA) is 56.1 Å². The molecule has 1 amide bonds. The van der Waals surface area contributed by atoms with Gasteiger partial charge in [0, 0.05) is 32.6 Å². The first-order chi connectivity index (χ1) is 5.79. The first-order valence-corrected chi connectivity index (χ1v) is 4.46. The van der Waals surface area contributed by atoms with Crippen LogP contribution in [0.5, 0.6) is 0 Å². The van der Waals surface area contributed by atoms with Gasteiger partial charge in [-0.2, -0.15) is 0 Å². The summed E-state index contributed by atoms with van der Waals surface area (Å²) in [5.74, 6) is -0.440. The average Bonchev–Trinajstić information content (AvgIpc) is 2.05. The minimum Gasteiger partial charge on any atom is -0.314 e. The van der Waals surface area contributed by atoms with Gasteiger partial charge >= 0.3 is 0 Å². The molecule has 0 bridgehead atoms. The largest absolute Gasteiger partial charge is 0.314 e. The number of hydrogen-bond acceptors (Lipinski definition) is 3. The molecule has 4 nitrogen and oxygen atoms in total. The predicted molar refractivity (Wildman–Crippen MR) is 46.6 cm³/mol. The second kappa shape index (κ2) is 5.11. The van der Waals surface area contributed by atoms with Crippen LogP contribution in [0.25, 0.3) is 0 Å². The summed E-state index contributed by atoms with van der Waals surface area (Å²) in [6.07, 6.45) is 1.24. The monoisotopic (exact) mass is 170 g/mol. The summed E-state index contributed by atoms with van der Waals surface area (Å²) >= 11 is 0. The van der Waals surface area contributed by atoms with Gasteiger partial charge in [-0.15, -0.1) is 0 Å². The Bertz CT molecular complexity index is 143. The Morgan fingerprint density at radius 1 is 1.42 bits per heavy atom. The van der Waals surface area contributed by atoms with Gasteiger partial charge in [0.1, 0.15) is 0 Å². The minimum atomic E-state index is -0.440. The Hall–Kier alpha value is -0.610. The first kappa shape index (κ1) is 9.48. The molecule has 1 rings (SSSR count). The van der Waals surface area contributed by atoms with Crippen molar-refractivity contribution < 1.29 is 4.79 Å². The smallest absolute Gasteiger partial charge is 0.238 e. The van der Waals surface area contributed by atoms with Crippen LogP contribution in [0.1, 0.15) is 12.8 Å². The zero-order valence-corrected chi connectivity index (χ0v) is 7.31. The van der Waals surface area contributed by atoms with E-state index in [2.05, 4.69) is 10.2 Å². The standard InChI is InChI=1S/C8H16N3O/c9-8(12)2-1-5-11-6-3-10-4-7-11/h9-10H,1-7H2. The van der Waals surface area contributed by atoms with Crippen LogP contribution in [0.15, 0.2) is 0 Å². The summed E-state index contributed by atoms with van der Waals surface area (Å²) in [5, 5.41) is 3.27. The number of nitrogens with one attached hydrogen (secondary N) is 2. The molecule has 1 heterocycles. The van der Waals surface area contributed by atoms with Gasteiger partial charge in [0.05, 0.1) is 0 Å². The van der Waals surface area contributed by atoms with Crippen molar-refractivity contribution in [1.82, 2.24) is 16.0 Å². The maximum atomic E-state index is 10.3. The maximum Gasteiger partial charge on any atom is 0.238 e. The van der Waals surface area contributed by atoms with Gasteiger partial charge in [-0.1, -0.05) is 0 Å². The van der Waals surface area contributed by atoms with Crippen LogP contribution in [-0.2, 0) is 4.79 Å². The second-order valence-corrected chi connectivity index (χ2v) is 3.12. The number of carbonyl (C=O) groups excluding carboxylic acids is 1. The molecule has 1 saturated heterocycles. The van der Waals surface area contributed by atoms with E-state index in [0.29, 0.717) is 6.42 Å². The number of amides is 1. The third kappa shape index (κ3) is 3.69. The van der Waals surface area contributed by atoms with Crippen molar-refractivity contribution in [1.29, 1.82) is 0 Å². The number of piperazine rings is 1. The van der Waals surface area contributed by atoms with E-state index in [4.69, 9.17) is 5.73 Å². The molecule has 0 saturated carbocycles. The fourth-order valence-corrected chi connectivity index (χ4v) is 1.40. The number of nitrogens with zero attached hydrogens (tertiary/aromatic N) is 1. The molecule has 0 unspecified atom stereocenters. The molecule has 0 aromatic rings. The highest BCUT2D eigenvalue weighted by molar-refractivity contribution is 5.72. The van der Waals surface area contributed by atoms with Crippen molar-refractivity contribution in [3.05, 3.63) is 0 Å². The Morgan fingerprint density at radius 3 is 2.67 bits per heavy atom. The van der Waals surface area contributed by atoms with Crippen molar-refractivity contribution in [2.24, 2.45) is 0 Å². The lowest BCUT2D eigenvalue weighted by Gasteiger charge is -2.26. The van der Waals surface area contributed by atoms with Gasteiger partial charge in [0.2, 0.25) is 5.91 Å². The molecular formula is C8H16N3O. The molecular weight excluding hydrogens is 154 g/mol. The third-order valence-corrected chi connectivity index (χ3v) is 2.09. The van der Waals surface area contributed by atoms with E-state index in [1.807, 2.05) is 0 Å². The molecule has 0 spiro atoms. The molecule has 69 valence electrons. The predicted octanol–water partition coefficient (Wildman–Crippen LogP) is -0.519. The summed E-state index contributed by atoms with van der Waals surface area (Å²) in [6, 6.07) is 0. The molecule has 1 radical (unpaired) electrons. The normalized spacial score (nSPS) is 19.3. The van der Waals surface area contributed by atoms with Crippen LogP contribution in [-0.4, -0.2) is 43.5 Å². The fourth-order valence-electron chi connectivity index (χ4n) is 1.40. The second-order valence-electron chi connectivity index (χ2n) is 3.12. The number of rotatable bonds is 4. The summed E-state index contributed by atoms with van der Waals surface area (Å²) in [6.45, 7) is 5.22. The lowest BCUT2D eigenvalue weighted by molar-refractivity contribution is -0.118. The molecule has 0 aromatic heterocycles. The number of carbonyl (C=O) groups is 1. The molecule has 1 aliphatic rings. The molecule has 0 aromatic carbocycles. The Balaban J connectivity index is 2.01. The molecule has 1 aliphatic heterocycles. The average molecular weight is 170 g/mol. The van der Waals surface area contributed by atoms with Crippen LogP contribution in [0.3, 0.4) is 0 Å². The fraction of sp³-hybridized carbons (Fsp3) is 0.875. The highest BCUT2D eigenvalue weighted by Crippen LogP contribution is 1.96. The summed E-state index contributed by atoms with van der Waals surface area (Å²) in [7, 11) is 0. The van der Waals surface area contributed by atoms with E-state index >= 15 is 0 Å². The Labute approximate surface area is 73.1 Å². The summed E-state index contributed by atoms with van der Waals surface area (Å²) in [5.41, 5.74) is 6.73. The van der Waals surface area contributed by atoms with E-state index in [1.54, 1.807) is 0 Å². The summed E-state index contributed by atoms with van der Waals surface area (Å²) in [4.78, 5) is 12.7. The van der Waals surface area contributed by atoms with Gasteiger partial charge in [-0.05, 0) is 13.0 Å². The van der Waals surface area contributed by atoms with Gasteiger partial charge in [-0.3, -0.25) is 10.5 Å². The van der Waals surface area contributed by atoms with Gasteiger partial charge in [-0.25, -0.2) is 0 Å². The molecule has 12 heavy (non-hydrogen) atoms. The maximum absolute atomic E-state index is 10.3. The molecule has 0 atom stereocenters. The van der Waals surface area contributed by atoms with Crippen molar-refractivity contribution >= 4 is 5.91 Å². The van der Waals surface area contributed by atoms with Crippen molar-refractivity contribution in [2.45, 2.75) is 12.8 Å². The highest BCUT2D eigenvalue weighted by Gasteiger charge is 2.08. The Morgan fingerprint density at radius 2 is 2.08 bits per heavy atom. The van der Waals surface area contributed by atoms with E-state index < -0.39 is 5.91 Å². The Kier molecular flexibility index (Phi) is 4.04. The molecule has 4 heteroatoms. The summed E-state index contributed by atoms with van der Waals surface area (Å²) < 4.78 is 0. The highest BCUT2D eigenvalue weighted by atomic mass is 16.1. The lowest BCUT2D eigenvalue weighted by Crippen LogP contribution is -2.43. The van der Waals surface area contributed by atoms with Gasteiger partial charge in [0.25, 0.3) is 0 Å². The minimum absolute atomic E-state index is 0.407. The lowest BCUT2D eigenvalue weighted by atomic mass is 10.2. The van der Waals surface area contributed by atoms with Crippen molar-refractivity contribution in [2.75, 3.05) is 32.7 Å². The van der Waals surface area contributed by atoms with E-state index in [0.717, 1.165) is 39.1 Å².